The fourth-order valence-electron chi connectivity index (χ4n) is 3.58. The quantitative estimate of drug-likeness (QED) is 0.410. The third-order valence-electron chi connectivity index (χ3n) is 4.90. The van der Waals surface area contributed by atoms with Crippen LogP contribution in [-0.2, 0) is 9.59 Å². The van der Waals surface area contributed by atoms with E-state index in [1.165, 1.54) is 18.3 Å². The predicted octanol–water partition coefficient (Wildman–Crippen LogP) is 4.22. The van der Waals surface area contributed by atoms with E-state index in [1.54, 1.807) is 42.5 Å². The number of para-hydroxylation sites is 1. The van der Waals surface area contributed by atoms with Gasteiger partial charge in [-0.1, -0.05) is 24.3 Å². The number of hydrogen-bond acceptors (Lipinski definition) is 5. The summed E-state index contributed by atoms with van der Waals surface area (Å²) in [6.45, 7) is 1.90. The van der Waals surface area contributed by atoms with Crippen LogP contribution < -0.4 is 9.64 Å². The van der Waals surface area contributed by atoms with E-state index in [0.29, 0.717) is 22.8 Å². The SMILES string of the molecule is COc1ccccc1/C(O)=C1/C(=O)C(=O)N(c2cccc(C)c2)C1c1ccco1. The number of nitrogens with zero attached hydrogens (tertiary/aromatic N) is 1. The van der Waals surface area contributed by atoms with Gasteiger partial charge in [0.05, 0.1) is 24.5 Å². The Morgan fingerprint density at radius 2 is 1.86 bits per heavy atom. The molecule has 6 heteroatoms. The number of methoxy groups -OCH3 is 1. The normalized spacial score (nSPS) is 18.3. The number of aliphatic hydroxyl groups is 1. The molecule has 1 aromatic heterocycles. The number of Topliss-reactive ketones (excluding diaryl/α,β-unsaturated/α-hetero) is 1. The lowest BCUT2D eigenvalue weighted by molar-refractivity contribution is -0.132. The van der Waals surface area contributed by atoms with E-state index in [2.05, 4.69) is 0 Å². The molecule has 0 radical (unpaired) electrons. The first-order valence-corrected chi connectivity index (χ1v) is 9.07. The number of carbonyl (C=O) groups excluding carboxylic acids is 2. The van der Waals surface area contributed by atoms with Crippen LogP contribution in [0.2, 0.25) is 0 Å². The molecule has 1 amide bonds. The highest BCUT2D eigenvalue weighted by Crippen LogP contribution is 2.43. The van der Waals surface area contributed by atoms with Gasteiger partial charge in [0.2, 0.25) is 0 Å². The maximum Gasteiger partial charge on any atom is 0.300 e. The first-order chi connectivity index (χ1) is 14.0. The molecule has 1 atom stereocenters. The zero-order valence-electron chi connectivity index (χ0n) is 16.0. The van der Waals surface area contributed by atoms with Crippen molar-refractivity contribution in [3.63, 3.8) is 0 Å². The lowest BCUT2D eigenvalue weighted by atomic mass is 9.98. The Hall–Kier alpha value is -3.80. The van der Waals surface area contributed by atoms with E-state index in [-0.39, 0.29) is 11.3 Å². The van der Waals surface area contributed by atoms with Gasteiger partial charge in [-0.3, -0.25) is 14.5 Å². The molecule has 1 fully saturated rings. The second-order valence-electron chi connectivity index (χ2n) is 6.72. The first kappa shape index (κ1) is 18.6. The Balaban J connectivity index is 1.96. The Kier molecular flexibility index (Phi) is 4.68. The zero-order valence-corrected chi connectivity index (χ0v) is 16.0. The van der Waals surface area contributed by atoms with E-state index in [1.807, 2.05) is 25.1 Å². The van der Waals surface area contributed by atoms with Crippen LogP contribution >= 0.6 is 0 Å². The van der Waals surface area contributed by atoms with Gasteiger partial charge in [-0.05, 0) is 48.9 Å². The van der Waals surface area contributed by atoms with Crippen LogP contribution in [0.4, 0.5) is 5.69 Å². The summed E-state index contributed by atoms with van der Waals surface area (Å²) in [5.74, 6) is -1.05. The number of rotatable bonds is 4. The highest BCUT2D eigenvalue weighted by Gasteiger charge is 2.48. The zero-order chi connectivity index (χ0) is 20.5. The monoisotopic (exact) mass is 389 g/mol. The molecule has 0 bridgehead atoms. The number of carbonyl (C=O) groups is 2. The molecule has 1 N–H and O–H groups in total. The van der Waals surface area contributed by atoms with Gasteiger partial charge in [0, 0.05) is 5.69 Å². The predicted molar refractivity (Wildman–Crippen MR) is 108 cm³/mol. The van der Waals surface area contributed by atoms with Crippen LogP contribution in [0.3, 0.4) is 0 Å². The number of hydrogen-bond donors (Lipinski definition) is 1. The molecule has 0 aliphatic carbocycles. The van der Waals surface area contributed by atoms with Crippen molar-refractivity contribution in [1.29, 1.82) is 0 Å². The van der Waals surface area contributed by atoms with Crippen LogP contribution in [0, 0.1) is 6.92 Å². The maximum absolute atomic E-state index is 13.0. The second-order valence-corrected chi connectivity index (χ2v) is 6.72. The van der Waals surface area contributed by atoms with Gasteiger partial charge >= 0.3 is 0 Å². The minimum absolute atomic E-state index is 0.0454. The molecule has 0 spiro atoms. The number of ether oxygens (including phenoxy) is 1. The molecule has 1 unspecified atom stereocenters. The third-order valence-corrected chi connectivity index (χ3v) is 4.90. The smallest absolute Gasteiger partial charge is 0.300 e. The van der Waals surface area contributed by atoms with Crippen LogP contribution in [0.15, 0.2) is 76.9 Å². The van der Waals surface area contributed by atoms with Gasteiger partial charge in [0.1, 0.15) is 23.3 Å². The second kappa shape index (κ2) is 7.31. The molecular formula is C23H19NO5. The average Bonchev–Trinajstić information content (AvgIpc) is 3.34. The van der Waals surface area contributed by atoms with Gasteiger partial charge in [-0.25, -0.2) is 0 Å². The van der Waals surface area contributed by atoms with E-state index < -0.39 is 17.7 Å². The molecule has 0 saturated carbocycles. The molecule has 2 heterocycles. The van der Waals surface area contributed by atoms with Gasteiger partial charge in [-0.2, -0.15) is 0 Å². The number of aliphatic hydroxyl groups excluding tert-OH is 1. The minimum atomic E-state index is -0.892. The molecule has 1 aliphatic heterocycles. The molecule has 29 heavy (non-hydrogen) atoms. The molecule has 6 nitrogen and oxygen atoms in total. The van der Waals surface area contributed by atoms with E-state index in [9.17, 15) is 14.7 Å². The standard InChI is InChI=1S/C23H19NO5/c1-14-7-5-8-15(13-14)24-20(18-11-6-12-29-18)19(22(26)23(24)27)21(25)16-9-3-4-10-17(16)28-2/h3-13,20,25H,1-2H3/b21-19-. The van der Waals surface area contributed by atoms with Crippen molar-refractivity contribution in [3.05, 3.63) is 89.4 Å². The molecule has 3 aromatic rings. The van der Waals surface area contributed by atoms with Crippen molar-refractivity contribution < 1.29 is 23.8 Å². The molecule has 1 aliphatic rings. The lowest BCUT2D eigenvalue weighted by Gasteiger charge is -2.23. The summed E-state index contributed by atoms with van der Waals surface area (Å²) < 4.78 is 10.9. The minimum Gasteiger partial charge on any atom is -0.507 e. The number of furan rings is 1. The summed E-state index contributed by atoms with van der Waals surface area (Å²) in [6, 6.07) is 16.5. The van der Waals surface area contributed by atoms with Crippen molar-refractivity contribution in [2.75, 3.05) is 12.0 Å². The first-order valence-electron chi connectivity index (χ1n) is 9.07. The fraction of sp³-hybridized carbons (Fsp3) is 0.130. The summed E-state index contributed by atoms with van der Waals surface area (Å²) in [6.07, 6.45) is 1.47. The van der Waals surface area contributed by atoms with Gasteiger partial charge in [0.15, 0.2) is 0 Å². The number of aryl methyl sites for hydroxylation is 1. The van der Waals surface area contributed by atoms with Crippen molar-refractivity contribution in [1.82, 2.24) is 0 Å². The number of ketones is 1. The number of amides is 1. The highest BCUT2D eigenvalue weighted by molar-refractivity contribution is 6.51. The lowest BCUT2D eigenvalue weighted by Crippen LogP contribution is -2.29. The average molecular weight is 389 g/mol. The topological polar surface area (TPSA) is 80.0 Å². The van der Waals surface area contributed by atoms with E-state index in [0.717, 1.165) is 5.56 Å². The molecule has 4 rings (SSSR count). The number of benzene rings is 2. The van der Waals surface area contributed by atoms with Crippen LogP contribution in [-0.4, -0.2) is 23.9 Å². The van der Waals surface area contributed by atoms with Crippen LogP contribution in [0.25, 0.3) is 5.76 Å². The maximum atomic E-state index is 13.0. The summed E-state index contributed by atoms with van der Waals surface area (Å²) in [7, 11) is 1.47. The van der Waals surface area contributed by atoms with Crippen LogP contribution in [0.1, 0.15) is 22.9 Å². The van der Waals surface area contributed by atoms with Gasteiger partial charge < -0.3 is 14.3 Å². The Morgan fingerprint density at radius 1 is 1.07 bits per heavy atom. The van der Waals surface area contributed by atoms with Gasteiger partial charge in [-0.15, -0.1) is 0 Å². The molecule has 146 valence electrons. The third kappa shape index (κ3) is 3.08. The largest absolute Gasteiger partial charge is 0.507 e. The molecule has 2 aromatic carbocycles. The highest BCUT2D eigenvalue weighted by atomic mass is 16.5. The molecule has 1 saturated heterocycles. The Labute approximate surface area is 167 Å². The van der Waals surface area contributed by atoms with Crippen molar-refractivity contribution in [2.45, 2.75) is 13.0 Å². The van der Waals surface area contributed by atoms with Crippen molar-refractivity contribution >= 4 is 23.1 Å². The Morgan fingerprint density at radius 3 is 2.55 bits per heavy atom. The van der Waals surface area contributed by atoms with Crippen LogP contribution in [0.5, 0.6) is 5.75 Å². The summed E-state index contributed by atoms with van der Waals surface area (Å²) >= 11 is 0. The Bertz CT molecular complexity index is 1110. The summed E-state index contributed by atoms with van der Waals surface area (Å²) in [5.41, 5.74) is 1.77. The van der Waals surface area contributed by atoms with Gasteiger partial charge in [0.25, 0.3) is 11.7 Å². The van der Waals surface area contributed by atoms with Crippen molar-refractivity contribution in [3.8, 4) is 5.75 Å². The van der Waals surface area contributed by atoms with Crippen molar-refractivity contribution in [2.24, 2.45) is 0 Å². The molecular weight excluding hydrogens is 370 g/mol. The van der Waals surface area contributed by atoms with E-state index in [4.69, 9.17) is 9.15 Å². The number of anilines is 1. The summed E-state index contributed by atoms with van der Waals surface area (Å²) in [4.78, 5) is 27.3. The van der Waals surface area contributed by atoms with E-state index >= 15 is 0 Å². The summed E-state index contributed by atoms with van der Waals surface area (Å²) in [5, 5.41) is 11.1. The fourth-order valence-corrected chi connectivity index (χ4v) is 3.58.